The van der Waals surface area contributed by atoms with Crippen LogP contribution in [-0.2, 0) is 19.4 Å². The molecule has 3 rings (SSSR count). The fraction of sp³-hybridized carbons (Fsp3) is 0.455. The molecule has 0 aromatic rings. The van der Waals surface area contributed by atoms with Gasteiger partial charge in [-0.05, 0) is 0 Å². The van der Waals surface area contributed by atoms with Crippen molar-refractivity contribution < 1.29 is 19.4 Å². The van der Waals surface area contributed by atoms with Crippen molar-refractivity contribution in [1.82, 2.24) is 0 Å². The van der Waals surface area contributed by atoms with Crippen LogP contribution in [0.25, 0.3) is 0 Å². The van der Waals surface area contributed by atoms with Crippen molar-refractivity contribution in [2.75, 3.05) is 0 Å². The zero-order valence-electron chi connectivity index (χ0n) is 16.5. The molecule has 24 heavy (non-hydrogen) atoms. The number of hydrogen-bond donors (Lipinski definition) is 0. The predicted molar refractivity (Wildman–Crippen MR) is 107 cm³/mol. The van der Waals surface area contributed by atoms with Gasteiger partial charge in [0, 0.05) is 0 Å². The molecular weight excluding hydrogens is 384 g/mol. The topological polar surface area (TPSA) is 0 Å². The van der Waals surface area contributed by atoms with Crippen LogP contribution in [0.2, 0.25) is 13.1 Å². The van der Waals surface area contributed by atoms with Crippen LogP contribution in [0.5, 0.6) is 0 Å². The molecule has 0 amide bonds. The molecule has 0 heterocycles. The first-order valence-electron chi connectivity index (χ1n) is 9.38. The van der Waals surface area contributed by atoms with Crippen LogP contribution < -0.4 is 0 Å². The Morgan fingerprint density at radius 3 is 1.67 bits per heavy atom. The minimum absolute atomic E-state index is 0.244. The quantitative estimate of drug-likeness (QED) is 0.462. The fourth-order valence-electron chi connectivity index (χ4n) is 5.42. The number of allylic oxidation sites excluding steroid dienone is 12. The molecule has 0 atom stereocenters. The van der Waals surface area contributed by atoms with E-state index in [1.165, 1.54) is 12.8 Å². The molecule has 0 saturated heterocycles. The second-order valence-corrected chi connectivity index (χ2v) is 32.8. The first kappa shape index (κ1) is 18.3. The SMILES string of the molecule is CC1=C(C)C(C)(C)[C]([Zr]([C]2=CC=CC2)([C]2=CC=CC2)[SiH](C)C)=C1C. The van der Waals surface area contributed by atoms with Crippen LogP contribution in [0.15, 0.2) is 63.0 Å². The Morgan fingerprint density at radius 2 is 1.38 bits per heavy atom. The molecule has 0 N–H and O–H groups in total. The van der Waals surface area contributed by atoms with Gasteiger partial charge in [-0.15, -0.1) is 0 Å². The summed E-state index contributed by atoms with van der Waals surface area (Å²) in [5, 5.41) is 0. The summed E-state index contributed by atoms with van der Waals surface area (Å²) < 4.78 is 5.62. The van der Waals surface area contributed by atoms with Crippen LogP contribution >= 0.6 is 0 Å². The van der Waals surface area contributed by atoms with E-state index in [-0.39, 0.29) is 5.41 Å². The van der Waals surface area contributed by atoms with E-state index in [0.29, 0.717) is 0 Å². The van der Waals surface area contributed by atoms with Crippen LogP contribution in [0.4, 0.5) is 0 Å². The Bertz CT molecular complexity index is 721. The first-order chi connectivity index (χ1) is 11.3. The predicted octanol–water partition coefficient (Wildman–Crippen LogP) is 6.46. The summed E-state index contributed by atoms with van der Waals surface area (Å²) in [5.74, 6) is -0.847. The van der Waals surface area contributed by atoms with Crippen molar-refractivity contribution in [3.05, 3.63) is 63.0 Å². The molecule has 0 radical (unpaired) electrons. The zero-order valence-corrected chi connectivity index (χ0v) is 20.1. The zero-order chi connectivity index (χ0) is 17.7. The molecule has 128 valence electrons. The maximum absolute atomic E-state index is 2.79. The van der Waals surface area contributed by atoms with E-state index < -0.39 is 25.4 Å². The van der Waals surface area contributed by atoms with E-state index >= 15 is 0 Å². The van der Waals surface area contributed by atoms with Gasteiger partial charge in [0.1, 0.15) is 0 Å². The molecule has 0 aromatic carbocycles. The average Bonchev–Trinajstić information content (AvgIpc) is 3.24. The van der Waals surface area contributed by atoms with Crippen LogP contribution in [0.1, 0.15) is 47.5 Å². The van der Waals surface area contributed by atoms with Gasteiger partial charge in [0.2, 0.25) is 0 Å². The van der Waals surface area contributed by atoms with E-state index in [1.807, 2.05) is 9.84 Å². The summed E-state index contributed by atoms with van der Waals surface area (Å²) in [5.41, 5.74) is 5.08. The van der Waals surface area contributed by atoms with Gasteiger partial charge in [0.15, 0.2) is 0 Å². The van der Waals surface area contributed by atoms with Crippen molar-refractivity contribution >= 4 is 5.92 Å². The van der Waals surface area contributed by atoms with E-state index in [9.17, 15) is 0 Å². The average molecular weight is 416 g/mol. The van der Waals surface area contributed by atoms with Crippen LogP contribution in [-0.4, -0.2) is 5.92 Å². The molecule has 0 saturated carbocycles. The van der Waals surface area contributed by atoms with Crippen molar-refractivity contribution in [1.29, 1.82) is 0 Å². The Hall–Kier alpha value is -0.460. The second kappa shape index (κ2) is 6.36. The van der Waals surface area contributed by atoms with Gasteiger partial charge in [-0.1, -0.05) is 0 Å². The summed E-state index contributed by atoms with van der Waals surface area (Å²) in [6.07, 6.45) is 16.9. The Labute approximate surface area is 153 Å². The molecule has 3 aliphatic carbocycles. The molecule has 0 fully saturated rings. The third-order valence-electron chi connectivity index (χ3n) is 6.88. The number of rotatable bonds is 4. The molecule has 0 bridgehead atoms. The maximum atomic E-state index is 2.65. The van der Waals surface area contributed by atoms with Gasteiger partial charge in [-0.3, -0.25) is 0 Å². The van der Waals surface area contributed by atoms with Crippen molar-refractivity contribution in [3.8, 4) is 0 Å². The summed E-state index contributed by atoms with van der Waals surface area (Å²) in [7, 11) is 0. The monoisotopic (exact) mass is 414 g/mol. The summed E-state index contributed by atoms with van der Waals surface area (Å²) >= 11 is -2.79. The first-order valence-corrected chi connectivity index (χ1v) is 20.2. The molecule has 2 heteroatoms. The molecule has 0 unspecified atom stereocenters. The molecule has 0 aliphatic heterocycles. The van der Waals surface area contributed by atoms with Gasteiger partial charge in [0.05, 0.1) is 0 Å². The standard InChI is InChI=1S/C10H15.2C5H5.C2H7Si.Zr/c1-7-6-10(4,5)9(3)8(7)2;2*1-2-4-5-3-1;1-3-2;/h1-5H3;2*1-3H,4H2;3H,1-2H3;. The summed E-state index contributed by atoms with van der Waals surface area (Å²) in [4.78, 5) is 0. The third kappa shape index (κ3) is 2.40. The summed E-state index contributed by atoms with van der Waals surface area (Å²) in [6.45, 7) is 17.5. The Kier molecular flexibility index (Phi) is 4.86. The Morgan fingerprint density at radius 1 is 0.875 bits per heavy atom. The molecule has 0 spiro atoms. The number of hydrogen-bond acceptors (Lipinski definition) is 0. The van der Waals surface area contributed by atoms with Crippen LogP contribution in [0.3, 0.4) is 0 Å². The van der Waals surface area contributed by atoms with Crippen LogP contribution in [0, 0.1) is 5.41 Å². The van der Waals surface area contributed by atoms with Gasteiger partial charge in [-0.25, -0.2) is 0 Å². The second-order valence-electron chi connectivity index (χ2n) is 8.49. The van der Waals surface area contributed by atoms with Gasteiger partial charge >= 0.3 is 154 Å². The van der Waals surface area contributed by atoms with Crippen molar-refractivity contribution in [2.24, 2.45) is 5.41 Å². The summed E-state index contributed by atoms with van der Waals surface area (Å²) in [6, 6.07) is 0. The fourth-order valence-corrected chi connectivity index (χ4v) is 39.9. The molecule has 0 nitrogen and oxygen atoms in total. The molecule has 3 aliphatic rings. The third-order valence-corrected chi connectivity index (χ3v) is 38.7. The van der Waals surface area contributed by atoms with Gasteiger partial charge < -0.3 is 0 Å². The van der Waals surface area contributed by atoms with Gasteiger partial charge in [0.25, 0.3) is 0 Å². The molecular formula is C22H32SiZr. The normalized spacial score (nSPS) is 23.0. The molecule has 0 aromatic heterocycles. The van der Waals surface area contributed by atoms with Crippen molar-refractivity contribution in [3.63, 3.8) is 0 Å². The van der Waals surface area contributed by atoms with E-state index in [4.69, 9.17) is 0 Å². The van der Waals surface area contributed by atoms with Crippen molar-refractivity contribution in [2.45, 2.75) is 60.6 Å². The minimum atomic E-state index is -2.79. The van der Waals surface area contributed by atoms with E-state index in [0.717, 1.165) is 0 Å². The van der Waals surface area contributed by atoms with E-state index in [1.54, 1.807) is 16.7 Å². The van der Waals surface area contributed by atoms with E-state index in [2.05, 4.69) is 84.2 Å². The van der Waals surface area contributed by atoms with Gasteiger partial charge in [-0.2, -0.15) is 0 Å². The Balaban J connectivity index is 2.31.